The highest BCUT2D eigenvalue weighted by Crippen LogP contribution is 2.20. The number of esters is 2. The SMILES string of the molecule is CCCC(OC(=O)CCC(=O)OCc1c(F)cccc1Cl)C(C)C. The van der Waals surface area contributed by atoms with Crippen LogP contribution in [0.4, 0.5) is 4.39 Å². The Morgan fingerprint density at radius 1 is 1.21 bits per heavy atom. The lowest BCUT2D eigenvalue weighted by atomic mass is 10.0. The molecule has 1 rings (SSSR count). The molecule has 0 aliphatic heterocycles. The van der Waals surface area contributed by atoms with Gasteiger partial charge in [0, 0.05) is 5.56 Å². The molecule has 0 bridgehead atoms. The van der Waals surface area contributed by atoms with Gasteiger partial charge in [0.1, 0.15) is 18.5 Å². The third-order valence-corrected chi connectivity index (χ3v) is 3.93. The van der Waals surface area contributed by atoms with Gasteiger partial charge in [0.05, 0.1) is 17.9 Å². The molecule has 0 radical (unpaired) electrons. The second kappa shape index (κ2) is 10.3. The van der Waals surface area contributed by atoms with Crippen LogP contribution in [0.1, 0.15) is 52.0 Å². The number of hydrogen-bond acceptors (Lipinski definition) is 4. The van der Waals surface area contributed by atoms with E-state index in [-0.39, 0.29) is 42.1 Å². The molecule has 1 aromatic carbocycles. The van der Waals surface area contributed by atoms with Crippen molar-refractivity contribution in [2.75, 3.05) is 0 Å². The van der Waals surface area contributed by atoms with Gasteiger partial charge in [0.2, 0.25) is 0 Å². The van der Waals surface area contributed by atoms with Gasteiger partial charge in [-0.05, 0) is 24.5 Å². The molecule has 0 saturated heterocycles. The highest BCUT2D eigenvalue weighted by atomic mass is 35.5. The van der Waals surface area contributed by atoms with Crippen molar-refractivity contribution in [1.82, 2.24) is 0 Å². The van der Waals surface area contributed by atoms with Gasteiger partial charge in [-0.2, -0.15) is 0 Å². The predicted octanol–water partition coefficient (Wildman–Crippen LogP) is 4.67. The van der Waals surface area contributed by atoms with Gasteiger partial charge in [0.25, 0.3) is 0 Å². The van der Waals surface area contributed by atoms with Gasteiger partial charge >= 0.3 is 11.9 Å². The summed E-state index contributed by atoms with van der Waals surface area (Å²) in [6.45, 7) is 5.73. The summed E-state index contributed by atoms with van der Waals surface area (Å²) >= 11 is 5.85. The summed E-state index contributed by atoms with van der Waals surface area (Å²) in [5.74, 6) is -1.33. The molecule has 0 aliphatic carbocycles. The predicted molar refractivity (Wildman–Crippen MR) is 90.1 cm³/mol. The van der Waals surface area contributed by atoms with E-state index in [9.17, 15) is 14.0 Å². The summed E-state index contributed by atoms with van der Waals surface area (Å²) < 4.78 is 23.9. The summed E-state index contributed by atoms with van der Waals surface area (Å²) in [4.78, 5) is 23.5. The van der Waals surface area contributed by atoms with Crippen LogP contribution in [0, 0.1) is 11.7 Å². The summed E-state index contributed by atoms with van der Waals surface area (Å²) in [7, 11) is 0. The minimum absolute atomic E-state index is 0.0588. The Balaban J connectivity index is 2.39. The number of rotatable bonds is 9. The van der Waals surface area contributed by atoms with Crippen LogP contribution in [-0.4, -0.2) is 18.0 Å². The van der Waals surface area contributed by atoms with E-state index in [2.05, 4.69) is 0 Å². The van der Waals surface area contributed by atoms with Crippen LogP contribution in [0.2, 0.25) is 5.02 Å². The Labute approximate surface area is 147 Å². The molecule has 24 heavy (non-hydrogen) atoms. The van der Waals surface area contributed by atoms with Crippen molar-refractivity contribution in [3.05, 3.63) is 34.6 Å². The number of ether oxygens (including phenoxy) is 2. The Hall–Kier alpha value is -1.62. The summed E-state index contributed by atoms with van der Waals surface area (Å²) in [5, 5.41) is 0.196. The van der Waals surface area contributed by atoms with Crippen molar-refractivity contribution >= 4 is 23.5 Å². The third-order valence-electron chi connectivity index (χ3n) is 3.57. The summed E-state index contributed by atoms with van der Waals surface area (Å²) in [5.41, 5.74) is 0.123. The number of carbonyl (C=O) groups is 2. The van der Waals surface area contributed by atoms with Gasteiger partial charge in [-0.1, -0.05) is 44.9 Å². The van der Waals surface area contributed by atoms with Gasteiger partial charge < -0.3 is 9.47 Å². The molecule has 1 aromatic rings. The maximum atomic E-state index is 13.6. The maximum Gasteiger partial charge on any atom is 0.306 e. The lowest BCUT2D eigenvalue weighted by Crippen LogP contribution is -2.24. The smallest absolute Gasteiger partial charge is 0.306 e. The molecule has 6 heteroatoms. The average molecular weight is 359 g/mol. The molecule has 0 heterocycles. The van der Waals surface area contributed by atoms with Crippen molar-refractivity contribution in [2.24, 2.45) is 5.92 Å². The highest BCUT2D eigenvalue weighted by molar-refractivity contribution is 6.31. The lowest BCUT2D eigenvalue weighted by Gasteiger charge is -2.20. The zero-order valence-corrected chi connectivity index (χ0v) is 15.1. The van der Waals surface area contributed by atoms with E-state index in [0.29, 0.717) is 0 Å². The minimum atomic E-state index is -0.595. The van der Waals surface area contributed by atoms with E-state index in [1.807, 2.05) is 20.8 Å². The van der Waals surface area contributed by atoms with Gasteiger partial charge in [0.15, 0.2) is 0 Å². The Kier molecular flexibility index (Phi) is 8.76. The molecular weight excluding hydrogens is 335 g/mol. The minimum Gasteiger partial charge on any atom is -0.462 e. The van der Waals surface area contributed by atoms with Gasteiger partial charge in [-0.25, -0.2) is 4.39 Å². The Bertz CT molecular complexity index is 540. The monoisotopic (exact) mass is 358 g/mol. The third kappa shape index (κ3) is 6.87. The van der Waals surface area contributed by atoms with Crippen LogP contribution >= 0.6 is 11.6 Å². The molecule has 0 aromatic heterocycles. The fourth-order valence-electron chi connectivity index (χ4n) is 2.14. The number of hydrogen-bond donors (Lipinski definition) is 0. The maximum absolute atomic E-state index is 13.6. The zero-order valence-electron chi connectivity index (χ0n) is 14.3. The van der Waals surface area contributed by atoms with Crippen LogP contribution in [0.25, 0.3) is 0 Å². The molecule has 134 valence electrons. The van der Waals surface area contributed by atoms with Crippen LogP contribution in [0.3, 0.4) is 0 Å². The first-order valence-electron chi connectivity index (χ1n) is 8.13. The zero-order chi connectivity index (χ0) is 18.1. The summed E-state index contributed by atoms with van der Waals surface area (Å²) in [6.07, 6.45) is 1.40. The molecule has 0 saturated carbocycles. The van der Waals surface area contributed by atoms with Crippen molar-refractivity contribution in [3.8, 4) is 0 Å². The fraction of sp³-hybridized carbons (Fsp3) is 0.556. The molecule has 0 aliphatic rings. The number of halogens is 2. The van der Waals surface area contributed by atoms with E-state index >= 15 is 0 Å². The normalized spacial score (nSPS) is 12.1. The van der Waals surface area contributed by atoms with Crippen LogP contribution in [0.5, 0.6) is 0 Å². The van der Waals surface area contributed by atoms with Crippen LogP contribution in [0.15, 0.2) is 18.2 Å². The molecule has 0 amide bonds. The average Bonchev–Trinajstić information content (AvgIpc) is 2.52. The second-order valence-corrected chi connectivity index (χ2v) is 6.33. The molecule has 0 fully saturated rings. The van der Waals surface area contributed by atoms with E-state index in [0.717, 1.165) is 12.8 Å². The standard InChI is InChI=1S/C18H24ClFO4/c1-4-6-16(12(2)3)24-18(22)10-9-17(21)23-11-13-14(19)7-5-8-15(13)20/h5,7-8,12,16H,4,6,9-11H2,1-3H3. The molecule has 1 unspecified atom stereocenters. The second-order valence-electron chi connectivity index (χ2n) is 5.92. The first-order valence-corrected chi connectivity index (χ1v) is 8.50. The van der Waals surface area contributed by atoms with Crippen LogP contribution in [-0.2, 0) is 25.7 Å². The lowest BCUT2D eigenvalue weighted by molar-refractivity contribution is -0.156. The first-order chi connectivity index (χ1) is 11.3. The Morgan fingerprint density at radius 2 is 1.88 bits per heavy atom. The number of benzene rings is 1. The van der Waals surface area contributed by atoms with Crippen molar-refractivity contribution in [3.63, 3.8) is 0 Å². The largest absolute Gasteiger partial charge is 0.462 e. The molecule has 0 spiro atoms. The molecular formula is C18H24ClFO4. The van der Waals surface area contributed by atoms with E-state index in [4.69, 9.17) is 21.1 Å². The molecule has 1 atom stereocenters. The summed E-state index contributed by atoms with van der Waals surface area (Å²) in [6, 6.07) is 4.23. The quantitative estimate of drug-likeness (QED) is 0.602. The topological polar surface area (TPSA) is 52.6 Å². The Morgan fingerprint density at radius 3 is 2.46 bits per heavy atom. The van der Waals surface area contributed by atoms with E-state index < -0.39 is 17.8 Å². The van der Waals surface area contributed by atoms with Gasteiger partial charge in [-0.3, -0.25) is 9.59 Å². The molecule has 0 N–H and O–H groups in total. The molecule has 4 nitrogen and oxygen atoms in total. The van der Waals surface area contributed by atoms with Crippen LogP contribution < -0.4 is 0 Å². The highest BCUT2D eigenvalue weighted by Gasteiger charge is 2.18. The van der Waals surface area contributed by atoms with Crippen molar-refractivity contribution in [2.45, 2.75) is 59.2 Å². The fourth-order valence-corrected chi connectivity index (χ4v) is 2.36. The van der Waals surface area contributed by atoms with Gasteiger partial charge in [-0.15, -0.1) is 0 Å². The first kappa shape index (κ1) is 20.4. The number of carbonyl (C=O) groups excluding carboxylic acids is 2. The van der Waals surface area contributed by atoms with E-state index in [1.54, 1.807) is 0 Å². The van der Waals surface area contributed by atoms with Crippen molar-refractivity contribution < 1.29 is 23.5 Å². The van der Waals surface area contributed by atoms with Crippen molar-refractivity contribution in [1.29, 1.82) is 0 Å². The van der Waals surface area contributed by atoms with E-state index in [1.165, 1.54) is 18.2 Å².